The highest BCUT2D eigenvalue weighted by atomic mass is 31.2. The molecule has 0 saturated carbocycles. The van der Waals surface area contributed by atoms with E-state index in [2.05, 4.69) is 9.97 Å². The Labute approximate surface area is 85.5 Å². The Morgan fingerprint density at radius 3 is 1.60 bits per heavy atom. The number of aromatic nitrogens is 2. The Balaban J connectivity index is 0.000000195. The molecule has 6 nitrogen and oxygen atoms in total. The minimum atomic E-state index is -4.64. The Morgan fingerprint density at radius 2 is 1.27 bits per heavy atom. The van der Waals surface area contributed by atoms with Gasteiger partial charge < -0.3 is 14.7 Å². The summed E-state index contributed by atoms with van der Waals surface area (Å²) in [6.07, 6.45) is 3.54. The smallest absolute Gasteiger partial charge is 0.303 e. The van der Waals surface area contributed by atoms with Crippen LogP contribution in [0.3, 0.4) is 0 Å². The van der Waals surface area contributed by atoms with Crippen LogP contribution in [-0.2, 0) is 4.57 Å². The van der Waals surface area contributed by atoms with Gasteiger partial charge in [0.05, 0.1) is 11.0 Å². The van der Waals surface area contributed by atoms with Gasteiger partial charge in [0.1, 0.15) is 0 Å². The molecule has 0 aliphatic carbocycles. The summed E-state index contributed by atoms with van der Waals surface area (Å²) in [7, 11) is -4.64. The first-order chi connectivity index (χ1) is 6.97. The van der Waals surface area contributed by atoms with Crippen molar-refractivity contribution >= 4 is 18.9 Å². The van der Waals surface area contributed by atoms with Gasteiger partial charge in [0.2, 0.25) is 0 Å². The van der Waals surface area contributed by atoms with E-state index >= 15 is 0 Å². The lowest BCUT2D eigenvalue weighted by atomic mass is 10.3. The van der Waals surface area contributed by atoms with Crippen molar-refractivity contribution in [1.29, 1.82) is 0 Å². The van der Waals surface area contributed by atoms with Gasteiger partial charge in [-0.15, -0.1) is 0 Å². The number of rotatable bonds is 0. The monoisotopic (exact) mass is 228 g/mol. The number of pyridine rings is 2. The van der Waals surface area contributed by atoms with Crippen LogP contribution in [-0.4, -0.2) is 24.6 Å². The average Bonchev–Trinajstić information content (AvgIpc) is 2.16. The molecule has 2 heterocycles. The van der Waals surface area contributed by atoms with Crippen LogP contribution in [0.25, 0.3) is 11.0 Å². The fourth-order valence-electron chi connectivity index (χ4n) is 0.904. The van der Waals surface area contributed by atoms with Crippen LogP contribution < -0.4 is 0 Å². The van der Waals surface area contributed by atoms with E-state index in [1.807, 2.05) is 24.3 Å². The summed E-state index contributed by atoms with van der Waals surface area (Å²) < 4.78 is 8.88. The van der Waals surface area contributed by atoms with Crippen molar-refractivity contribution in [3.05, 3.63) is 36.7 Å². The molecule has 0 spiro atoms. The molecule has 0 fully saturated rings. The van der Waals surface area contributed by atoms with Gasteiger partial charge in [0, 0.05) is 12.4 Å². The molecule has 2 aromatic heterocycles. The van der Waals surface area contributed by atoms with E-state index in [9.17, 15) is 0 Å². The third-order valence-electron chi connectivity index (χ3n) is 1.37. The lowest BCUT2D eigenvalue weighted by molar-refractivity contribution is 0.275. The highest BCUT2D eigenvalue weighted by Gasteiger charge is 2.00. The van der Waals surface area contributed by atoms with E-state index < -0.39 is 7.82 Å². The van der Waals surface area contributed by atoms with Gasteiger partial charge >= 0.3 is 7.82 Å². The minimum absolute atomic E-state index is 0.949. The van der Waals surface area contributed by atoms with Crippen LogP contribution in [0.2, 0.25) is 0 Å². The van der Waals surface area contributed by atoms with Crippen molar-refractivity contribution in [1.82, 2.24) is 9.97 Å². The molecule has 0 aliphatic heterocycles. The summed E-state index contributed by atoms with van der Waals surface area (Å²) in [6.45, 7) is 0. The molecule has 0 bridgehead atoms. The Bertz CT molecular complexity index is 411. The van der Waals surface area contributed by atoms with Crippen molar-refractivity contribution in [2.75, 3.05) is 0 Å². The molecule has 0 saturated heterocycles. The second-order valence-corrected chi connectivity index (χ2v) is 3.58. The molecule has 15 heavy (non-hydrogen) atoms. The SMILES string of the molecule is O=P(O)(O)O.c1cnc2cccnc2c1. The molecule has 0 unspecified atom stereocenters. The Kier molecular flexibility index (Phi) is 3.88. The molecule has 2 aromatic rings. The molecule has 7 heteroatoms. The first-order valence-electron chi connectivity index (χ1n) is 3.91. The van der Waals surface area contributed by atoms with Crippen LogP contribution in [0.1, 0.15) is 0 Å². The van der Waals surface area contributed by atoms with Crippen molar-refractivity contribution < 1.29 is 19.2 Å². The Hall–Kier alpha value is -1.33. The standard InChI is InChI=1S/C8H6N2.H3O4P/c1-3-7-8(9-5-1)4-2-6-10-7;1-5(2,3)4/h1-6H;(H3,1,2,3,4). The van der Waals surface area contributed by atoms with E-state index in [1.165, 1.54) is 0 Å². The molecule has 0 atom stereocenters. The second kappa shape index (κ2) is 4.95. The maximum atomic E-state index is 8.88. The summed E-state index contributed by atoms with van der Waals surface area (Å²) >= 11 is 0. The highest BCUT2D eigenvalue weighted by Crippen LogP contribution is 2.25. The van der Waals surface area contributed by atoms with Crippen LogP contribution in [0, 0.1) is 0 Å². The number of phosphoric acid groups is 1. The molecule has 3 N–H and O–H groups in total. The van der Waals surface area contributed by atoms with Gasteiger partial charge in [-0.2, -0.15) is 0 Å². The number of hydrogen-bond donors (Lipinski definition) is 3. The van der Waals surface area contributed by atoms with Crippen LogP contribution in [0.5, 0.6) is 0 Å². The maximum absolute atomic E-state index is 8.88. The Morgan fingerprint density at radius 1 is 0.933 bits per heavy atom. The second-order valence-electron chi connectivity index (χ2n) is 2.56. The summed E-state index contributed by atoms with van der Waals surface area (Å²) in [5.41, 5.74) is 1.90. The van der Waals surface area contributed by atoms with Crippen molar-refractivity contribution in [3.8, 4) is 0 Å². The van der Waals surface area contributed by atoms with E-state index in [4.69, 9.17) is 19.2 Å². The van der Waals surface area contributed by atoms with Gasteiger partial charge in [-0.3, -0.25) is 9.97 Å². The molecule has 0 aliphatic rings. The van der Waals surface area contributed by atoms with E-state index in [0.717, 1.165) is 11.0 Å². The average molecular weight is 228 g/mol. The van der Waals surface area contributed by atoms with Gasteiger partial charge in [0.25, 0.3) is 0 Å². The van der Waals surface area contributed by atoms with E-state index in [0.29, 0.717) is 0 Å². The topological polar surface area (TPSA) is 104 Å². The predicted molar refractivity (Wildman–Crippen MR) is 53.8 cm³/mol. The van der Waals surface area contributed by atoms with Gasteiger partial charge in [-0.05, 0) is 24.3 Å². The van der Waals surface area contributed by atoms with Crippen molar-refractivity contribution in [2.24, 2.45) is 0 Å². The number of hydrogen-bond acceptors (Lipinski definition) is 3. The minimum Gasteiger partial charge on any atom is -0.303 e. The summed E-state index contributed by atoms with van der Waals surface area (Å²) in [4.78, 5) is 29.8. The largest absolute Gasteiger partial charge is 0.466 e. The molecule has 0 radical (unpaired) electrons. The summed E-state index contributed by atoms with van der Waals surface area (Å²) in [5, 5.41) is 0. The third kappa shape index (κ3) is 5.19. The van der Waals surface area contributed by atoms with Crippen LogP contribution in [0.15, 0.2) is 36.7 Å². The van der Waals surface area contributed by atoms with Crippen molar-refractivity contribution in [3.63, 3.8) is 0 Å². The van der Waals surface area contributed by atoms with E-state index in [-0.39, 0.29) is 0 Å². The lowest BCUT2D eigenvalue weighted by Crippen LogP contribution is -1.78. The third-order valence-corrected chi connectivity index (χ3v) is 1.37. The molecule has 2 rings (SSSR count). The normalized spacial score (nSPS) is 10.6. The summed E-state index contributed by atoms with van der Waals surface area (Å²) in [6, 6.07) is 7.66. The number of fused-ring (bicyclic) bond motifs is 1. The lowest BCUT2D eigenvalue weighted by Gasteiger charge is -1.90. The quantitative estimate of drug-likeness (QED) is 0.573. The summed E-state index contributed by atoms with van der Waals surface area (Å²) in [5.74, 6) is 0. The molecule has 0 amide bonds. The molecule has 80 valence electrons. The van der Waals surface area contributed by atoms with E-state index in [1.54, 1.807) is 12.4 Å². The fraction of sp³-hybridized carbons (Fsp3) is 0. The molecular weight excluding hydrogens is 219 g/mol. The zero-order chi connectivity index (χ0) is 11.3. The first kappa shape index (κ1) is 11.7. The zero-order valence-corrected chi connectivity index (χ0v) is 8.45. The molecule has 0 aromatic carbocycles. The van der Waals surface area contributed by atoms with Crippen LogP contribution in [0.4, 0.5) is 0 Å². The fourth-order valence-corrected chi connectivity index (χ4v) is 0.904. The van der Waals surface area contributed by atoms with Crippen molar-refractivity contribution in [2.45, 2.75) is 0 Å². The maximum Gasteiger partial charge on any atom is 0.466 e. The first-order valence-corrected chi connectivity index (χ1v) is 5.47. The zero-order valence-electron chi connectivity index (χ0n) is 7.56. The van der Waals surface area contributed by atoms with Crippen LogP contribution >= 0.6 is 7.82 Å². The molecular formula is C8H9N2O4P. The van der Waals surface area contributed by atoms with Gasteiger partial charge in [-0.1, -0.05) is 0 Å². The number of nitrogens with zero attached hydrogens (tertiary/aromatic N) is 2. The highest BCUT2D eigenvalue weighted by molar-refractivity contribution is 7.45. The predicted octanol–water partition coefficient (Wildman–Crippen LogP) is 0.701. The van der Waals surface area contributed by atoms with Gasteiger partial charge in [0.15, 0.2) is 0 Å². The van der Waals surface area contributed by atoms with Gasteiger partial charge in [-0.25, -0.2) is 4.57 Å².